The quantitative estimate of drug-likeness (QED) is 0.574. The highest BCUT2D eigenvalue weighted by molar-refractivity contribution is 7.17. The Kier molecular flexibility index (Phi) is 3.57. The number of aromatic carboxylic acids is 2. The highest BCUT2D eigenvalue weighted by Gasteiger charge is 2.28. The third-order valence-corrected chi connectivity index (χ3v) is 4.36. The molecular weight excluding hydrogens is 339 g/mol. The number of H-pyrrole nitrogens is 1. The first kappa shape index (κ1) is 15.7. The minimum Gasteiger partial charge on any atom is -0.478 e. The monoisotopic (exact) mass is 348 g/mol. The Hall–Kier alpha value is -3.20. The predicted octanol–water partition coefficient (Wildman–Crippen LogP) is 2.37. The molecule has 5 N–H and O–H groups in total. The van der Waals surface area contributed by atoms with E-state index in [4.69, 9.17) is 5.73 Å². The summed E-state index contributed by atoms with van der Waals surface area (Å²) in [5, 5.41) is 20.9. The van der Waals surface area contributed by atoms with Gasteiger partial charge in [-0.3, -0.25) is 4.79 Å². The second-order valence-electron chi connectivity index (χ2n) is 4.89. The number of aromatic nitrogens is 1. The number of nitrogens with two attached hydrogens (primary N) is 1. The van der Waals surface area contributed by atoms with Crippen LogP contribution in [0.5, 0.6) is 0 Å². The van der Waals surface area contributed by atoms with Crippen LogP contribution in [0, 0.1) is 5.82 Å². The molecule has 7 nitrogen and oxygen atoms in total. The summed E-state index contributed by atoms with van der Waals surface area (Å²) < 4.78 is 15.1. The van der Waals surface area contributed by atoms with Crippen molar-refractivity contribution < 1.29 is 24.2 Å². The number of halogens is 1. The second-order valence-corrected chi connectivity index (χ2v) is 5.84. The molecule has 0 saturated carbocycles. The topological polar surface area (TPSA) is 133 Å². The van der Waals surface area contributed by atoms with Crippen molar-refractivity contribution in [2.75, 3.05) is 5.73 Å². The van der Waals surface area contributed by atoms with E-state index in [2.05, 4.69) is 0 Å². The van der Waals surface area contributed by atoms with Crippen molar-refractivity contribution in [1.82, 2.24) is 4.98 Å². The number of carboxylic acid groups (broad SMARTS) is 2. The summed E-state index contributed by atoms with van der Waals surface area (Å²) in [6, 6.07) is 4.12. The maximum absolute atomic E-state index is 14.5. The zero-order chi connectivity index (χ0) is 17.6. The minimum atomic E-state index is -1.68. The Morgan fingerprint density at radius 2 is 1.83 bits per heavy atom. The van der Waals surface area contributed by atoms with Gasteiger partial charge in [-0.15, -0.1) is 11.3 Å². The molecule has 9 heteroatoms. The van der Waals surface area contributed by atoms with Crippen molar-refractivity contribution in [1.29, 1.82) is 0 Å². The molecule has 0 unspecified atom stereocenters. The SMILES string of the molecule is Nc1[nH]c(=O)c(C(=O)O)c(-c2cc3sccc3cc2F)c1C(=O)O. The molecule has 3 rings (SSSR count). The molecule has 1 aromatic carbocycles. The largest absolute Gasteiger partial charge is 0.478 e. The average Bonchev–Trinajstić information content (AvgIpc) is 2.91. The number of carbonyl (C=O) groups is 2. The zero-order valence-electron chi connectivity index (χ0n) is 11.8. The van der Waals surface area contributed by atoms with E-state index in [1.807, 2.05) is 4.98 Å². The molecule has 0 amide bonds. The third kappa shape index (κ3) is 2.31. The molecule has 122 valence electrons. The van der Waals surface area contributed by atoms with Gasteiger partial charge in [-0.2, -0.15) is 0 Å². The van der Waals surface area contributed by atoms with Crippen molar-refractivity contribution in [3.05, 3.63) is 50.9 Å². The molecule has 3 aromatic rings. The van der Waals surface area contributed by atoms with Gasteiger partial charge in [0.05, 0.1) is 0 Å². The predicted molar refractivity (Wildman–Crippen MR) is 86.2 cm³/mol. The Morgan fingerprint density at radius 1 is 1.17 bits per heavy atom. The Bertz CT molecular complexity index is 1070. The Morgan fingerprint density at radius 3 is 2.46 bits per heavy atom. The minimum absolute atomic E-state index is 0.308. The number of thiophene rings is 1. The maximum atomic E-state index is 14.5. The first-order valence-corrected chi connectivity index (χ1v) is 7.38. The molecular formula is C15H9FN2O5S. The molecule has 0 fully saturated rings. The zero-order valence-corrected chi connectivity index (χ0v) is 12.6. The molecule has 2 heterocycles. The van der Waals surface area contributed by atoms with E-state index in [1.165, 1.54) is 17.4 Å². The number of nitrogens with one attached hydrogen (secondary N) is 1. The number of pyridine rings is 1. The number of aromatic amines is 1. The molecule has 0 aliphatic rings. The highest BCUT2D eigenvalue weighted by Crippen LogP contribution is 2.35. The van der Waals surface area contributed by atoms with Crippen LogP contribution in [0.2, 0.25) is 0 Å². The van der Waals surface area contributed by atoms with E-state index >= 15 is 0 Å². The van der Waals surface area contributed by atoms with Crippen molar-refractivity contribution in [2.24, 2.45) is 0 Å². The summed E-state index contributed by atoms with van der Waals surface area (Å²) in [6.45, 7) is 0. The van der Waals surface area contributed by atoms with Crippen LogP contribution in [0.3, 0.4) is 0 Å². The standard InChI is InChI=1S/C15H9FN2O5S/c16-7-3-5-1-2-24-8(5)4-6(7)9-10(14(20)21)12(17)18-13(19)11(9)15(22)23/h1-4H,(H,20,21)(H,22,23)(H3,17,18,19). The van der Waals surface area contributed by atoms with Gasteiger partial charge in [0.2, 0.25) is 0 Å². The van der Waals surface area contributed by atoms with Crippen LogP contribution in [0.1, 0.15) is 20.7 Å². The lowest BCUT2D eigenvalue weighted by Crippen LogP contribution is -2.24. The van der Waals surface area contributed by atoms with Gasteiger partial charge >= 0.3 is 11.9 Å². The Balaban J connectivity index is 2.52. The fraction of sp³-hybridized carbons (Fsp3) is 0. The van der Waals surface area contributed by atoms with Crippen LogP contribution in [0.15, 0.2) is 28.4 Å². The van der Waals surface area contributed by atoms with E-state index in [-0.39, 0.29) is 5.56 Å². The summed E-state index contributed by atoms with van der Waals surface area (Å²) in [5.41, 5.74) is 2.01. The lowest BCUT2D eigenvalue weighted by molar-refractivity contribution is 0.0695. The summed E-state index contributed by atoms with van der Waals surface area (Å²) in [7, 11) is 0. The number of hydrogen-bond donors (Lipinski definition) is 4. The first-order chi connectivity index (χ1) is 11.3. The normalized spacial score (nSPS) is 10.9. The van der Waals surface area contributed by atoms with E-state index < -0.39 is 45.8 Å². The number of benzene rings is 1. The third-order valence-electron chi connectivity index (χ3n) is 3.48. The van der Waals surface area contributed by atoms with E-state index in [1.54, 1.807) is 11.4 Å². The maximum Gasteiger partial charge on any atom is 0.342 e. The molecule has 0 bridgehead atoms. The number of anilines is 1. The molecule has 2 aromatic heterocycles. The summed E-state index contributed by atoms with van der Waals surface area (Å²) in [6.07, 6.45) is 0. The van der Waals surface area contributed by atoms with Gasteiger partial charge in [-0.05, 0) is 29.0 Å². The van der Waals surface area contributed by atoms with Crippen molar-refractivity contribution >= 4 is 39.2 Å². The average molecular weight is 348 g/mol. The van der Waals surface area contributed by atoms with Gasteiger partial charge < -0.3 is 20.9 Å². The van der Waals surface area contributed by atoms with E-state index in [0.29, 0.717) is 10.1 Å². The van der Waals surface area contributed by atoms with Gasteiger partial charge in [0.1, 0.15) is 22.8 Å². The number of carboxylic acids is 2. The molecule has 0 atom stereocenters. The van der Waals surface area contributed by atoms with Gasteiger partial charge in [-0.1, -0.05) is 0 Å². The Labute approximate surface area is 136 Å². The van der Waals surface area contributed by atoms with E-state index in [9.17, 15) is 29.0 Å². The molecule has 0 radical (unpaired) electrons. The highest BCUT2D eigenvalue weighted by atomic mass is 32.1. The summed E-state index contributed by atoms with van der Waals surface area (Å²) >= 11 is 1.26. The smallest absolute Gasteiger partial charge is 0.342 e. The molecule has 0 aliphatic carbocycles. The van der Waals surface area contributed by atoms with Crippen molar-refractivity contribution in [2.45, 2.75) is 0 Å². The summed E-state index contributed by atoms with van der Waals surface area (Å²) in [5.74, 6) is -4.65. The number of nitrogen functional groups attached to an aromatic ring is 1. The lowest BCUT2D eigenvalue weighted by Gasteiger charge is -2.13. The fourth-order valence-corrected chi connectivity index (χ4v) is 3.30. The molecule has 0 saturated heterocycles. The molecule has 0 aliphatic heterocycles. The van der Waals surface area contributed by atoms with Crippen LogP contribution in [-0.2, 0) is 0 Å². The lowest BCUT2D eigenvalue weighted by atomic mass is 9.94. The van der Waals surface area contributed by atoms with Gasteiger partial charge in [0, 0.05) is 15.8 Å². The van der Waals surface area contributed by atoms with Crippen LogP contribution in [-0.4, -0.2) is 27.1 Å². The first-order valence-electron chi connectivity index (χ1n) is 6.50. The van der Waals surface area contributed by atoms with Gasteiger partial charge in [0.15, 0.2) is 0 Å². The molecule has 0 spiro atoms. The number of hydrogen-bond acceptors (Lipinski definition) is 5. The van der Waals surface area contributed by atoms with Crippen LogP contribution in [0.25, 0.3) is 21.2 Å². The van der Waals surface area contributed by atoms with Gasteiger partial charge in [-0.25, -0.2) is 14.0 Å². The summed E-state index contributed by atoms with van der Waals surface area (Å²) in [4.78, 5) is 36.9. The van der Waals surface area contributed by atoms with Crippen molar-refractivity contribution in [3.8, 4) is 11.1 Å². The van der Waals surface area contributed by atoms with Crippen LogP contribution < -0.4 is 11.3 Å². The second kappa shape index (κ2) is 5.46. The number of fused-ring (bicyclic) bond motifs is 1. The van der Waals surface area contributed by atoms with Crippen LogP contribution in [0.4, 0.5) is 10.2 Å². The van der Waals surface area contributed by atoms with Crippen LogP contribution >= 0.6 is 11.3 Å². The van der Waals surface area contributed by atoms with Gasteiger partial charge in [0.25, 0.3) is 5.56 Å². The van der Waals surface area contributed by atoms with E-state index in [0.717, 1.165) is 6.07 Å². The number of rotatable bonds is 3. The fourth-order valence-electron chi connectivity index (χ4n) is 2.49. The van der Waals surface area contributed by atoms with Crippen molar-refractivity contribution in [3.63, 3.8) is 0 Å². The molecule has 24 heavy (non-hydrogen) atoms.